The first-order chi connectivity index (χ1) is 16.0. The average Bonchev–Trinajstić information content (AvgIpc) is 3.49. The van der Waals surface area contributed by atoms with E-state index in [9.17, 15) is 4.79 Å². The van der Waals surface area contributed by atoms with Gasteiger partial charge in [0.15, 0.2) is 0 Å². The van der Waals surface area contributed by atoms with Crippen LogP contribution in [0, 0.1) is 5.41 Å². The summed E-state index contributed by atoms with van der Waals surface area (Å²) < 4.78 is 4.27. The molecule has 1 spiro atoms. The Morgan fingerprint density at radius 3 is 2.36 bits per heavy atom. The lowest BCUT2D eigenvalue weighted by atomic mass is 9.77. The van der Waals surface area contributed by atoms with Crippen LogP contribution in [0.15, 0.2) is 54.6 Å². The topological polar surface area (TPSA) is 46.3 Å². The summed E-state index contributed by atoms with van der Waals surface area (Å²) in [5.74, 6) is 1.30. The van der Waals surface area contributed by atoms with Crippen LogP contribution in [0.3, 0.4) is 0 Å². The number of fused-ring (bicyclic) bond motifs is 2. The van der Waals surface area contributed by atoms with Crippen LogP contribution < -0.4 is 0 Å². The maximum absolute atomic E-state index is 13.3. The van der Waals surface area contributed by atoms with E-state index in [0.717, 1.165) is 73.5 Å². The molecule has 0 saturated carbocycles. The Kier molecular flexibility index (Phi) is 4.80. The Bertz CT molecular complexity index is 1340. The smallest absolute Gasteiger partial charge is 0.270 e. The summed E-state index contributed by atoms with van der Waals surface area (Å²) in [5, 5.41) is 1.13. The molecular weight excluding hydrogens is 410 g/mol. The second-order valence-corrected chi connectivity index (χ2v) is 9.98. The van der Waals surface area contributed by atoms with Crippen molar-refractivity contribution in [3.05, 3.63) is 66.1 Å². The molecule has 2 saturated heterocycles. The zero-order valence-electron chi connectivity index (χ0n) is 19.5. The van der Waals surface area contributed by atoms with Gasteiger partial charge in [-0.2, -0.15) is 0 Å². The van der Waals surface area contributed by atoms with E-state index in [4.69, 9.17) is 4.98 Å². The highest BCUT2D eigenvalue weighted by molar-refractivity contribution is 5.98. The van der Waals surface area contributed by atoms with Gasteiger partial charge in [-0.25, -0.2) is 4.98 Å². The minimum atomic E-state index is 0.165. The number of benzene rings is 2. The summed E-state index contributed by atoms with van der Waals surface area (Å²) in [5.41, 5.74) is 4.51. The molecule has 4 heterocycles. The quantitative estimate of drug-likeness (QED) is 0.479. The molecule has 0 bridgehead atoms. The van der Waals surface area contributed by atoms with Crippen LogP contribution in [0.25, 0.3) is 21.9 Å². The molecule has 6 heteroatoms. The van der Waals surface area contributed by atoms with E-state index in [-0.39, 0.29) is 5.91 Å². The monoisotopic (exact) mass is 441 g/mol. The minimum Gasteiger partial charge on any atom is -0.340 e. The van der Waals surface area contributed by atoms with Gasteiger partial charge >= 0.3 is 0 Å². The van der Waals surface area contributed by atoms with Gasteiger partial charge in [0.05, 0.1) is 17.6 Å². The fourth-order valence-corrected chi connectivity index (χ4v) is 5.95. The fraction of sp³-hybridized carbons (Fsp3) is 0.407. The highest BCUT2D eigenvalue weighted by Gasteiger charge is 2.41. The Hall–Kier alpha value is -3.12. The van der Waals surface area contributed by atoms with Gasteiger partial charge in [0.1, 0.15) is 11.5 Å². The summed E-state index contributed by atoms with van der Waals surface area (Å²) in [6.07, 6.45) is 3.39. The Morgan fingerprint density at radius 2 is 1.61 bits per heavy atom. The van der Waals surface area contributed by atoms with Crippen molar-refractivity contribution < 1.29 is 4.79 Å². The van der Waals surface area contributed by atoms with Gasteiger partial charge in [-0.05, 0) is 55.5 Å². The number of aromatic nitrogens is 3. The predicted octanol–water partition coefficient (Wildman–Crippen LogP) is 4.19. The van der Waals surface area contributed by atoms with Crippen molar-refractivity contribution in [3.8, 4) is 0 Å². The molecule has 0 aliphatic carbocycles. The Labute approximate surface area is 194 Å². The maximum atomic E-state index is 13.3. The largest absolute Gasteiger partial charge is 0.340 e. The van der Waals surface area contributed by atoms with Gasteiger partial charge in [-0.3, -0.25) is 9.69 Å². The Balaban J connectivity index is 1.12. The van der Waals surface area contributed by atoms with Gasteiger partial charge in [0.2, 0.25) is 0 Å². The summed E-state index contributed by atoms with van der Waals surface area (Å²) in [6.45, 7) is 4.80. The van der Waals surface area contributed by atoms with Crippen molar-refractivity contribution in [3.63, 3.8) is 0 Å². The van der Waals surface area contributed by atoms with Crippen LogP contribution in [-0.4, -0.2) is 56.0 Å². The van der Waals surface area contributed by atoms with Crippen LogP contribution in [0.1, 0.15) is 35.6 Å². The third-order valence-electron chi connectivity index (χ3n) is 8.04. The lowest BCUT2D eigenvalue weighted by Gasteiger charge is -2.39. The van der Waals surface area contributed by atoms with Crippen molar-refractivity contribution in [2.75, 3.05) is 26.2 Å². The number of imidazole rings is 1. The zero-order chi connectivity index (χ0) is 22.6. The minimum absolute atomic E-state index is 0.165. The second kappa shape index (κ2) is 7.73. The van der Waals surface area contributed by atoms with Crippen molar-refractivity contribution in [1.82, 2.24) is 23.9 Å². The van der Waals surface area contributed by atoms with Crippen molar-refractivity contribution in [2.45, 2.75) is 25.8 Å². The normalized spacial score (nSPS) is 18.7. The standard InChI is InChI=1S/C27H31N5O/c1-29-22-9-5-3-7-20(22)17-24(29)26(33)32-15-12-27(13-16-32)11-14-31(19-27)18-25-28-21-8-4-6-10-23(21)30(25)2/h3-10,17H,11-16,18-19H2,1-2H3. The average molecular weight is 442 g/mol. The number of aryl methyl sites for hydroxylation is 2. The van der Waals surface area contributed by atoms with Crippen LogP contribution >= 0.6 is 0 Å². The number of amides is 1. The summed E-state index contributed by atoms with van der Waals surface area (Å²) in [4.78, 5) is 22.8. The zero-order valence-corrected chi connectivity index (χ0v) is 19.5. The summed E-state index contributed by atoms with van der Waals surface area (Å²) >= 11 is 0. The van der Waals surface area contributed by atoms with Crippen LogP contribution in [0.5, 0.6) is 0 Å². The van der Waals surface area contributed by atoms with Gasteiger partial charge in [0.25, 0.3) is 5.91 Å². The van der Waals surface area contributed by atoms with E-state index in [2.05, 4.69) is 57.8 Å². The molecule has 2 fully saturated rings. The number of carbonyl (C=O) groups is 1. The number of rotatable bonds is 3. The van der Waals surface area contributed by atoms with E-state index in [1.165, 1.54) is 11.9 Å². The van der Waals surface area contributed by atoms with E-state index in [1.807, 2.05) is 29.8 Å². The number of piperidine rings is 1. The van der Waals surface area contributed by atoms with Gasteiger partial charge in [-0.1, -0.05) is 30.3 Å². The summed E-state index contributed by atoms with van der Waals surface area (Å²) in [6, 6.07) is 18.6. The molecule has 2 aliphatic rings. The van der Waals surface area contributed by atoms with Crippen LogP contribution in [-0.2, 0) is 20.6 Å². The Morgan fingerprint density at radius 1 is 0.909 bits per heavy atom. The molecule has 6 rings (SSSR count). The third-order valence-corrected chi connectivity index (χ3v) is 8.04. The number of carbonyl (C=O) groups excluding carboxylic acids is 1. The van der Waals surface area contributed by atoms with Crippen molar-refractivity contribution >= 4 is 27.8 Å². The molecular formula is C27H31N5O. The highest BCUT2D eigenvalue weighted by atomic mass is 16.2. The van der Waals surface area contributed by atoms with E-state index in [0.29, 0.717) is 5.41 Å². The first-order valence-corrected chi connectivity index (χ1v) is 12.0. The number of nitrogens with zero attached hydrogens (tertiary/aromatic N) is 5. The third kappa shape index (κ3) is 3.44. The lowest BCUT2D eigenvalue weighted by Crippen LogP contribution is -2.44. The lowest BCUT2D eigenvalue weighted by molar-refractivity contribution is 0.0578. The van der Waals surface area contributed by atoms with Crippen molar-refractivity contribution in [1.29, 1.82) is 0 Å². The number of para-hydroxylation sites is 3. The van der Waals surface area contributed by atoms with Gasteiger partial charge in [0, 0.05) is 44.6 Å². The number of hydrogen-bond acceptors (Lipinski definition) is 3. The van der Waals surface area contributed by atoms with Crippen LogP contribution in [0.4, 0.5) is 0 Å². The van der Waals surface area contributed by atoms with E-state index < -0.39 is 0 Å². The molecule has 6 nitrogen and oxygen atoms in total. The first-order valence-electron chi connectivity index (χ1n) is 12.0. The second-order valence-electron chi connectivity index (χ2n) is 9.98. The summed E-state index contributed by atoms with van der Waals surface area (Å²) in [7, 11) is 4.12. The molecule has 2 aliphatic heterocycles. The molecule has 170 valence electrons. The SMILES string of the molecule is Cn1c(C(=O)N2CCC3(CCN(Cc4nc5ccccc5n4C)C3)CC2)cc2ccccc21. The molecule has 0 N–H and O–H groups in total. The first kappa shape index (κ1) is 20.5. The highest BCUT2D eigenvalue weighted by Crippen LogP contribution is 2.41. The predicted molar refractivity (Wildman–Crippen MR) is 131 cm³/mol. The number of hydrogen-bond donors (Lipinski definition) is 0. The molecule has 1 amide bonds. The van der Waals surface area contributed by atoms with Crippen molar-refractivity contribution in [2.24, 2.45) is 19.5 Å². The fourth-order valence-electron chi connectivity index (χ4n) is 5.95. The van der Waals surface area contributed by atoms with E-state index in [1.54, 1.807) is 0 Å². The molecule has 4 aromatic rings. The van der Waals surface area contributed by atoms with Gasteiger partial charge in [-0.15, -0.1) is 0 Å². The molecule has 0 radical (unpaired) electrons. The number of likely N-dealkylation sites (tertiary alicyclic amines) is 2. The molecule has 0 atom stereocenters. The van der Waals surface area contributed by atoms with Crippen LogP contribution in [0.2, 0.25) is 0 Å². The maximum Gasteiger partial charge on any atom is 0.270 e. The van der Waals surface area contributed by atoms with E-state index >= 15 is 0 Å². The molecule has 0 unspecified atom stereocenters. The molecule has 2 aromatic carbocycles. The molecule has 33 heavy (non-hydrogen) atoms. The molecule has 2 aromatic heterocycles. The van der Waals surface area contributed by atoms with Gasteiger partial charge < -0.3 is 14.0 Å².